The molecule has 2 fully saturated rings. The van der Waals surface area contributed by atoms with Crippen molar-refractivity contribution in [3.05, 3.63) is 0 Å². The van der Waals surface area contributed by atoms with Crippen LogP contribution in [-0.2, 0) is 0 Å². The second kappa shape index (κ2) is 4.60. The first-order chi connectivity index (χ1) is 6.87. The quantitative estimate of drug-likeness (QED) is 0.605. The molecule has 2 aliphatic heterocycles. The topological polar surface area (TPSA) is 44.3 Å². The summed E-state index contributed by atoms with van der Waals surface area (Å²) in [5.74, 6) is 0.626. The minimum absolute atomic E-state index is 0.0334. The van der Waals surface area contributed by atoms with Gasteiger partial charge in [0.15, 0.2) is 0 Å². The van der Waals surface area contributed by atoms with E-state index in [1.54, 1.807) is 0 Å². The molecule has 0 aromatic carbocycles. The average Bonchev–Trinajstić information content (AvgIpc) is 2.31. The Hall–Kier alpha value is -0.120. The van der Waals surface area contributed by atoms with Crippen LogP contribution in [0.4, 0.5) is 0 Å². The van der Waals surface area contributed by atoms with E-state index in [1.807, 2.05) is 0 Å². The predicted octanol–water partition coefficient (Wildman–Crippen LogP) is 0.491. The first-order valence-electron chi connectivity index (χ1n) is 5.94. The normalized spacial score (nSPS) is 39.6. The van der Waals surface area contributed by atoms with E-state index in [1.165, 1.54) is 25.7 Å². The molecule has 0 aromatic rings. The summed E-state index contributed by atoms with van der Waals surface area (Å²) in [6, 6.07) is 0. The van der Waals surface area contributed by atoms with Crippen LogP contribution >= 0.6 is 0 Å². The third-order valence-electron chi connectivity index (χ3n) is 3.89. The van der Waals surface area contributed by atoms with Gasteiger partial charge in [0.1, 0.15) is 0 Å². The van der Waals surface area contributed by atoms with E-state index < -0.39 is 0 Å². The van der Waals surface area contributed by atoms with E-state index >= 15 is 0 Å². The summed E-state index contributed by atoms with van der Waals surface area (Å²) in [6.45, 7) is 3.61. The Balaban J connectivity index is 2.01. The van der Waals surface area contributed by atoms with Crippen molar-refractivity contribution in [3.63, 3.8) is 0 Å². The van der Waals surface area contributed by atoms with Crippen molar-refractivity contribution in [2.75, 3.05) is 26.2 Å². The van der Waals surface area contributed by atoms with Crippen LogP contribution in [0.2, 0.25) is 0 Å². The second-order valence-corrected chi connectivity index (χ2v) is 4.74. The summed E-state index contributed by atoms with van der Waals surface area (Å²) in [6.07, 6.45) is 6.20. The number of rotatable bonds is 2. The zero-order chi connectivity index (χ0) is 9.86. The molecule has 0 aliphatic carbocycles. The number of aliphatic hydroxyl groups is 1. The van der Waals surface area contributed by atoms with Crippen molar-refractivity contribution in [1.29, 1.82) is 0 Å². The lowest BCUT2D eigenvalue weighted by molar-refractivity contribution is 0.0641. The van der Waals surface area contributed by atoms with Crippen LogP contribution in [0.15, 0.2) is 0 Å². The van der Waals surface area contributed by atoms with Crippen molar-refractivity contribution in [2.45, 2.75) is 37.6 Å². The molecular formula is C11H22N2O. The second-order valence-electron chi connectivity index (χ2n) is 4.74. The highest BCUT2D eigenvalue weighted by atomic mass is 16.3. The van der Waals surface area contributed by atoms with Gasteiger partial charge in [-0.1, -0.05) is 6.42 Å². The van der Waals surface area contributed by atoms with E-state index in [2.05, 4.69) is 10.6 Å². The molecule has 14 heavy (non-hydrogen) atoms. The zero-order valence-electron chi connectivity index (χ0n) is 8.89. The molecule has 0 radical (unpaired) electrons. The van der Waals surface area contributed by atoms with Crippen LogP contribution in [0.1, 0.15) is 32.1 Å². The number of hydrogen-bond acceptors (Lipinski definition) is 3. The first-order valence-corrected chi connectivity index (χ1v) is 5.94. The molecule has 2 atom stereocenters. The van der Waals surface area contributed by atoms with E-state index in [0.29, 0.717) is 12.5 Å². The van der Waals surface area contributed by atoms with Gasteiger partial charge in [-0.05, 0) is 51.2 Å². The molecule has 0 saturated carbocycles. The molecule has 0 amide bonds. The Morgan fingerprint density at radius 3 is 2.71 bits per heavy atom. The summed E-state index contributed by atoms with van der Waals surface area (Å²) < 4.78 is 0. The Labute approximate surface area is 86.3 Å². The van der Waals surface area contributed by atoms with Crippen LogP contribution in [0.5, 0.6) is 0 Å². The Morgan fingerprint density at radius 1 is 1.21 bits per heavy atom. The molecule has 2 unspecified atom stereocenters. The summed E-state index contributed by atoms with van der Waals surface area (Å²) >= 11 is 0. The largest absolute Gasteiger partial charge is 0.394 e. The van der Waals surface area contributed by atoms with Gasteiger partial charge >= 0.3 is 0 Å². The lowest BCUT2D eigenvalue weighted by atomic mass is 9.75. The highest BCUT2D eigenvalue weighted by Gasteiger charge is 2.39. The first kappa shape index (κ1) is 10.4. The molecule has 2 saturated heterocycles. The number of piperidine rings is 2. The minimum atomic E-state index is 0.0334. The molecule has 3 nitrogen and oxygen atoms in total. The van der Waals surface area contributed by atoms with Crippen LogP contribution in [0.3, 0.4) is 0 Å². The van der Waals surface area contributed by atoms with Crippen molar-refractivity contribution >= 4 is 0 Å². The molecule has 3 heteroatoms. The fraction of sp³-hybridized carbons (Fsp3) is 1.00. The van der Waals surface area contributed by atoms with Crippen LogP contribution in [-0.4, -0.2) is 36.9 Å². The van der Waals surface area contributed by atoms with Crippen molar-refractivity contribution in [2.24, 2.45) is 5.92 Å². The highest BCUT2D eigenvalue weighted by Crippen LogP contribution is 2.31. The van der Waals surface area contributed by atoms with Gasteiger partial charge in [0.25, 0.3) is 0 Å². The third-order valence-corrected chi connectivity index (χ3v) is 3.89. The number of aliphatic hydroxyl groups excluding tert-OH is 1. The van der Waals surface area contributed by atoms with E-state index in [4.69, 9.17) is 0 Å². The molecule has 0 aromatic heterocycles. The van der Waals surface area contributed by atoms with E-state index in [0.717, 1.165) is 26.1 Å². The van der Waals surface area contributed by atoms with Crippen molar-refractivity contribution in [3.8, 4) is 0 Å². The average molecular weight is 198 g/mol. The standard InChI is InChI=1S/C11H22N2O/c14-9-11(5-1-2-7-13-11)10-4-3-6-12-8-10/h10,12-14H,1-9H2. The van der Waals surface area contributed by atoms with Crippen molar-refractivity contribution < 1.29 is 5.11 Å². The maximum absolute atomic E-state index is 9.60. The van der Waals surface area contributed by atoms with Crippen LogP contribution in [0.25, 0.3) is 0 Å². The van der Waals surface area contributed by atoms with Gasteiger partial charge in [-0.3, -0.25) is 0 Å². The Bertz CT molecular complexity index is 172. The number of nitrogens with one attached hydrogen (secondary N) is 2. The van der Waals surface area contributed by atoms with Crippen LogP contribution < -0.4 is 10.6 Å². The summed E-state index contributed by atoms with van der Waals surface area (Å²) in [7, 11) is 0. The molecule has 0 bridgehead atoms. The monoisotopic (exact) mass is 198 g/mol. The maximum atomic E-state index is 9.60. The predicted molar refractivity (Wildman–Crippen MR) is 57.3 cm³/mol. The van der Waals surface area contributed by atoms with Gasteiger partial charge in [-0.25, -0.2) is 0 Å². The van der Waals surface area contributed by atoms with Gasteiger partial charge in [0.2, 0.25) is 0 Å². The van der Waals surface area contributed by atoms with Crippen LogP contribution in [0, 0.1) is 5.92 Å². The molecule has 3 N–H and O–H groups in total. The number of hydrogen-bond donors (Lipinski definition) is 3. The Morgan fingerprint density at radius 2 is 2.14 bits per heavy atom. The molecular weight excluding hydrogens is 176 g/mol. The highest BCUT2D eigenvalue weighted by molar-refractivity contribution is 4.98. The fourth-order valence-electron chi connectivity index (χ4n) is 2.93. The molecule has 0 spiro atoms. The van der Waals surface area contributed by atoms with Gasteiger partial charge < -0.3 is 15.7 Å². The lowest BCUT2D eigenvalue weighted by Crippen LogP contribution is -2.59. The summed E-state index contributed by atoms with van der Waals surface area (Å²) in [5.41, 5.74) is 0.0334. The summed E-state index contributed by atoms with van der Waals surface area (Å²) in [5, 5.41) is 16.6. The summed E-state index contributed by atoms with van der Waals surface area (Å²) in [4.78, 5) is 0. The maximum Gasteiger partial charge on any atom is 0.0616 e. The van der Waals surface area contributed by atoms with E-state index in [9.17, 15) is 5.11 Å². The minimum Gasteiger partial charge on any atom is -0.394 e. The van der Waals surface area contributed by atoms with Gasteiger partial charge in [-0.2, -0.15) is 0 Å². The fourth-order valence-corrected chi connectivity index (χ4v) is 2.93. The molecule has 2 aliphatic rings. The van der Waals surface area contributed by atoms with Crippen molar-refractivity contribution in [1.82, 2.24) is 10.6 Å². The molecule has 2 heterocycles. The molecule has 82 valence electrons. The smallest absolute Gasteiger partial charge is 0.0616 e. The Kier molecular flexibility index (Phi) is 3.42. The van der Waals surface area contributed by atoms with Gasteiger partial charge in [0, 0.05) is 5.54 Å². The SMILES string of the molecule is OCC1(C2CCCNC2)CCCCN1. The van der Waals surface area contributed by atoms with Gasteiger partial charge in [0.05, 0.1) is 6.61 Å². The zero-order valence-corrected chi connectivity index (χ0v) is 8.89. The lowest BCUT2D eigenvalue weighted by Gasteiger charge is -2.45. The van der Waals surface area contributed by atoms with Gasteiger partial charge in [-0.15, -0.1) is 0 Å². The third kappa shape index (κ3) is 1.95. The molecule has 2 rings (SSSR count). The van der Waals surface area contributed by atoms with E-state index in [-0.39, 0.29) is 5.54 Å².